The highest BCUT2D eigenvalue weighted by Crippen LogP contribution is 2.27. The Labute approximate surface area is 83.9 Å². The lowest BCUT2D eigenvalue weighted by atomic mass is 9.94. The molecule has 1 aliphatic heterocycles. The Kier molecular flexibility index (Phi) is 3.13. The molecule has 1 rings (SSSR count). The van der Waals surface area contributed by atoms with E-state index in [-0.39, 0.29) is 5.91 Å². The third-order valence-electron chi connectivity index (χ3n) is 2.98. The monoisotopic (exact) mass is 199 g/mol. The summed E-state index contributed by atoms with van der Waals surface area (Å²) < 4.78 is 0. The van der Waals surface area contributed by atoms with Crippen LogP contribution in [0.4, 0.5) is 0 Å². The van der Waals surface area contributed by atoms with Crippen LogP contribution in [-0.2, 0) is 9.59 Å². The number of carboxylic acid groups (broad SMARTS) is 1. The van der Waals surface area contributed by atoms with Crippen LogP contribution >= 0.6 is 0 Å². The number of hydrogen-bond donors (Lipinski definition) is 1. The molecular weight excluding hydrogens is 182 g/mol. The van der Waals surface area contributed by atoms with Gasteiger partial charge in [0.1, 0.15) is 5.54 Å². The van der Waals surface area contributed by atoms with E-state index in [1.165, 1.54) is 11.8 Å². The molecule has 1 atom stereocenters. The van der Waals surface area contributed by atoms with Crippen molar-refractivity contribution in [3.05, 3.63) is 0 Å². The van der Waals surface area contributed by atoms with E-state index in [2.05, 4.69) is 0 Å². The van der Waals surface area contributed by atoms with Gasteiger partial charge in [-0.1, -0.05) is 12.8 Å². The predicted octanol–water partition coefficient (Wildman–Crippen LogP) is 1.25. The van der Waals surface area contributed by atoms with Crippen LogP contribution < -0.4 is 0 Å². The Morgan fingerprint density at radius 1 is 1.29 bits per heavy atom. The van der Waals surface area contributed by atoms with Crippen molar-refractivity contribution < 1.29 is 14.7 Å². The summed E-state index contributed by atoms with van der Waals surface area (Å²) in [5.74, 6) is -1.04. The Morgan fingerprint density at radius 2 is 1.93 bits per heavy atom. The Hall–Kier alpha value is -1.06. The summed E-state index contributed by atoms with van der Waals surface area (Å²) in [5.41, 5.74) is -0.998. The van der Waals surface area contributed by atoms with Gasteiger partial charge in [-0.25, -0.2) is 4.79 Å². The molecule has 1 heterocycles. The maximum atomic E-state index is 11.3. The van der Waals surface area contributed by atoms with Gasteiger partial charge in [-0.15, -0.1) is 0 Å². The first-order chi connectivity index (χ1) is 6.48. The fourth-order valence-electron chi connectivity index (χ4n) is 2.02. The second-order valence-electron chi connectivity index (χ2n) is 4.06. The Morgan fingerprint density at radius 3 is 2.43 bits per heavy atom. The van der Waals surface area contributed by atoms with Crippen molar-refractivity contribution in [2.45, 2.75) is 45.1 Å². The average Bonchev–Trinajstić information content (AvgIpc) is 2.27. The highest BCUT2D eigenvalue weighted by atomic mass is 16.4. The minimum absolute atomic E-state index is 0.142. The molecule has 4 heteroatoms. The standard InChI is InChI=1S/C10H17NO3/c1-8(12)11-7-5-3-4-6-10(11,2)9(13)14/h3-7H2,1-2H3,(H,13,14). The van der Waals surface area contributed by atoms with Crippen LogP contribution in [0.5, 0.6) is 0 Å². The molecule has 80 valence electrons. The van der Waals surface area contributed by atoms with E-state index in [0.717, 1.165) is 19.3 Å². The largest absolute Gasteiger partial charge is 0.480 e. The summed E-state index contributed by atoms with van der Waals surface area (Å²) in [6.45, 7) is 3.65. The third-order valence-corrected chi connectivity index (χ3v) is 2.98. The molecule has 0 aliphatic carbocycles. The fourth-order valence-corrected chi connectivity index (χ4v) is 2.02. The maximum Gasteiger partial charge on any atom is 0.329 e. The van der Waals surface area contributed by atoms with E-state index in [1.807, 2.05) is 0 Å². The van der Waals surface area contributed by atoms with Gasteiger partial charge in [0.2, 0.25) is 5.91 Å². The predicted molar refractivity (Wildman–Crippen MR) is 51.9 cm³/mol. The zero-order valence-electron chi connectivity index (χ0n) is 8.75. The SMILES string of the molecule is CC(=O)N1CCCCCC1(C)C(=O)O. The number of carbonyl (C=O) groups excluding carboxylic acids is 1. The number of likely N-dealkylation sites (tertiary alicyclic amines) is 1. The van der Waals surface area contributed by atoms with Gasteiger partial charge in [0.05, 0.1) is 0 Å². The number of aliphatic carboxylic acids is 1. The molecule has 1 amide bonds. The van der Waals surface area contributed by atoms with E-state index in [9.17, 15) is 9.59 Å². The molecule has 0 saturated carbocycles. The molecule has 0 radical (unpaired) electrons. The minimum Gasteiger partial charge on any atom is -0.480 e. The fraction of sp³-hybridized carbons (Fsp3) is 0.800. The van der Waals surface area contributed by atoms with E-state index in [0.29, 0.717) is 13.0 Å². The molecule has 1 saturated heterocycles. The van der Waals surface area contributed by atoms with Crippen molar-refractivity contribution >= 4 is 11.9 Å². The number of rotatable bonds is 1. The van der Waals surface area contributed by atoms with Crippen molar-refractivity contribution in [3.8, 4) is 0 Å². The number of nitrogens with zero attached hydrogens (tertiary/aromatic N) is 1. The third kappa shape index (κ3) is 1.89. The highest BCUT2D eigenvalue weighted by Gasteiger charge is 2.41. The van der Waals surface area contributed by atoms with Crippen LogP contribution in [-0.4, -0.2) is 34.0 Å². The van der Waals surface area contributed by atoms with E-state index in [1.54, 1.807) is 6.92 Å². The Bertz CT molecular complexity index is 252. The molecule has 0 aromatic heterocycles. The molecule has 1 N–H and O–H groups in total. The van der Waals surface area contributed by atoms with E-state index >= 15 is 0 Å². The highest BCUT2D eigenvalue weighted by molar-refractivity contribution is 5.85. The van der Waals surface area contributed by atoms with Gasteiger partial charge >= 0.3 is 5.97 Å². The van der Waals surface area contributed by atoms with Gasteiger partial charge in [0.25, 0.3) is 0 Å². The molecule has 0 bridgehead atoms. The molecule has 1 aliphatic rings. The summed E-state index contributed by atoms with van der Waals surface area (Å²) in [6, 6.07) is 0. The Balaban J connectivity index is 2.94. The van der Waals surface area contributed by atoms with Crippen LogP contribution in [0.15, 0.2) is 0 Å². The second kappa shape index (κ2) is 3.98. The second-order valence-corrected chi connectivity index (χ2v) is 4.06. The van der Waals surface area contributed by atoms with Crippen LogP contribution in [0.2, 0.25) is 0 Å². The molecule has 0 aromatic carbocycles. The lowest BCUT2D eigenvalue weighted by Crippen LogP contribution is -2.53. The first-order valence-corrected chi connectivity index (χ1v) is 5.00. The van der Waals surface area contributed by atoms with Crippen molar-refractivity contribution in [1.29, 1.82) is 0 Å². The number of hydrogen-bond acceptors (Lipinski definition) is 2. The first-order valence-electron chi connectivity index (χ1n) is 5.00. The molecule has 4 nitrogen and oxygen atoms in total. The van der Waals surface area contributed by atoms with Crippen LogP contribution in [0.3, 0.4) is 0 Å². The van der Waals surface area contributed by atoms with E-state index < -0.39 is 11.5 Å². The topological polar surface area (TPSA) is 57.6 Å². The van der Waals surface area contributed by atoms with Gasteiger partial charge in [-0.05, 0) is 19.8 Å². The van der Waals surface area contributed by atoms with Crippen molar-refractivity contribution in [2.75, 3.05) is 6.54 Å². The molecule has 0 aromatic rings. The van der Waals surface area contributed by atoms with Gasteiger partial charge in [0.15, 0.2) is 0 Å². The lowest BCUT2D eigenvalue weighted by molar-refractivity contribution is -0.157. The number of carbonyl (C=O) groups is 2. The normalized spacial score (nSPS) is 28.3. The number of carboxylic acids is 1. The summed E-state index contributed by atoms with van der Waals surface area (Å²) in [5, 5.41) is 9.15. The van der Waals surface area contributed by atoms with E-state index in [4.69, 9.17) is 5.11 Å². The van der Waals surface area contributed by atoms with Crippen molar-refractivity contribution in [2.24, 2.45) is 0 Å². The lowest BCUT2D eigenvalue weighted by Gasteiger charge is -2.35. The first kappa shape index (κ1) is 11.0. The zero-order valence-corrected chi connectivity index (χ0v) is 8.75. The molecule has 1 unspecified atom stereocenters. The summed E-state index contributed by atoms with van der Waals surface area (Å²) in [7, 11) is 0. The van der Waals surface area contributed by atoms with Crippen molar-refractivity contribution in [3.63, 3.8) is 0 Å². The van der Waals surface area contributed by atoms with Gasteiger partial charge in [-0.3, -0.25) is 4.79 Å². The van der Waals surface area contributed by atoms with Crippen molar-refractivity contribution in [1.82, 2.24) is 4.90 Å². The minimum atomic E-state index is -0.998. The molecule has 1 fully saturated rings. The molecule has 0 spiro atoms. The summed E-state index contributed by atoms with van der Waals surface area (Å²) in [4.78, 5) is 24.0. The number of amides is 1. The van der Waals surface area contributed by atoms with Crippen LogP contribution in [0.25, 0.3) is 0 Å². The maximum absolute atomic E-state index is 11.3. The van der Waals surface area contributed by atoms with Crippen LogP contribution in [0.1, 0.15) is 39.5 Å². The quantitative estimate of drug-likeness (QED) is 0.691. The summed E-state index contributed by atoms with van der Waals surface area (Å²) in [6.07, 6.45) is 3.35. The van der Waals surface area contributed by atoms with Gasteiger partial charge in [-0.2, -0.15) is 0 Å². The smallest absolute Gasteiger partial charge is 0.329 e. The van der Waals surface area contributed by atoms with Gasteiger partial charge in [0, 0.05) is 13.5 Å². The molecular formula is C10H17NO3. The molecule has 14 heavy (non-hydrogen) atoms. The zero-order chi connectivity index (χ0) is 10.8. The van der Waals surface area contributed by atoms with Gasteiger partial charge < -0.3 is 10.0 Å². The summed E-state index contributed by atoms with van der Waals surface area (Å²) >= 11 is 0. The van der Waals surface area contributed by atoms with Crippen LogP contribution in [0, 0.1) is 0 Å². The average molecular weight is 199 g/mol.